The van der Waals surface area contributed by atoms with Gasteiger partial charge < -0.3 is 10.6 Å². The topological polar surface area (TPSA) is 46.3 Å². The van der Waals surface area contributed by atoms with Crippen LogP contribution in [0.1, 0.15) is 29.6 Å². The molecule has 1 aliphatic heterocycles. The molecule has 0 aliphatic carbocycles. The van der Waals surface area contributed by atoms with Crippen LogP contribution in [0.2, 0.25) is 5.02 Å². The van der Waals surface area contributed by atoms with Gasteiger partial charge in [-0.15, -0.1) is 0 Å². The Bertz CT molecular complexity index is 453. The Hall–Kier alpha value is -0.330. The van der Waals surface area contributed by atoms with E-state index in [1.54, 1.807) is 12.1 Å². The SMILES string of the molecule is NCC1CCCCN1C(=O)c1ccc(Cl)c(I)c1. The third-order valence-electron chi connectivity index (χ3n) is 3.33. The maximum atomic E-state index is 12.5. The Morgan fingerprint density at radius 1 is 1.50 bits per heavy atom. The maximum Gasteiger partial charge on any atom is 0.254 e. The fourth-order valence-electron chi connectivity index (χ4n) is 2.31. The first-order chi connectivity index (χ1) is 8.63. The van der Waals surface area contributed by atoms with E-state index in [9.17, 15) is 4.79 Å². The molecule has 0 aromatic heterocycles. The van der Waals surface area contributed by atoms with Crippen molar-refractivity contribution in [1.29, 1.82) is 0 Å². The normalized spacial score (nSPS) is 19.9. The van der Waals surface area contributed by atoms with Crippen LogP contribution in [0, 0.1) is 3.57 Å². The molecule has 1 unspecified atom stereocenters. The fourth-order valence-corrected chi connectivity index (χ4v) is 2.94. The number of likely N-dealkylation sites (tertiary alicyclic amines) is 1. The number of halogens is 2. The number of carbonyl (C=O) groups excluding carboxylic acids is 1. The average Bonchev–Trinajstić information content (AvgIpc) is 2.41. The van der Waals surface area contributed by atoms with Crippen molar-refractivity contribution >= 4 is 40.1 Å². The fraction of sp³-hybridized carbons (Fsp3) is 0.462. The van der Waals surface area contributed by atoms with Gasteiger partial charge in [-0.05, 0) is 60.1 Å². The Morgan fingerprint density at radius 2 is 2.28 bits per heavy atom. The van der Waals surface area contributed by atoms with Crippen molar-refractivity contribution in [3.05, 3.63) is 32.4 Å². The van der Waals surface area contributed by atoms with Crippen LogP contribution in [-0.2, 0) is 0 Å². The molecule has 1 aliphatic rings. The van der Waals surface area contributed by atoms with Crippen LogP contribution in [0.5, 0.6) is 0 Å². The van der Waals surface area contributed by atoms with Gasteiger partial charge in [0.05, 0.1) is 5.02 Å². The van der Waals surface area contributed by atoms with Crippen molar-refractivity contribution in [2.45, 2.75) is 25.3 Å². The van der Waals surface area contributed by atoms with Gasteiger partial charge >= 0.3 is 0 Å². The van der Waals surface area contributed by atoms with E-state index in [-0.39, 0.29) is 11.9 Å². The zero-order valence-electron chi connectivity index (χ0n) is 10.0. The molecule has 0 spiro atoms. The molecule has 0 bridgehead atoms. The Morgan fingerprint density at radius 3 is 2.94 bits per heavy atom. The van der Waals surface area contributed by atoms with Gasteiger partial charge in [0.15, 0.2) is 0 Å². The highest BCUT2D eigenvalue weighted by Gasteiger charge is 2.26. The minimum Gasteiger partial charge on any atom is -0.334 e. The van der Waals surface area contributed by atoms with Gasteiger partial charge in [-0.1, -0.05) is 11.6 Å². The molecule has 1 fully saturated rings. The van der Waals surface area contributed by atoms with E-state index in [0.29, 0.717) is 17.1 Å². The second-order valence-electron chi connectivity index (χ2n) is 4.51. The number of hydrogen-bond donors (Lipinski definition) is 1. The lowest BCUT2D eigenvalue weighted by Crippen LogP contribution is -2.47. The molecular weight excluding hydrogens is 363 g/mol. The smallest absolute Gasteiger partial charge is 0.254 e. The summed E-state index contributed by atoms with van der Waals surface area (Å²) in [6.45, 7) is 1.34. The van der Waals surface area contributed by atoms with Gasteiger partial charge in [-0.25, -0.2) is 0 Å². The monoisotopic (exact) mass is 378 g/mol. The van der Waals surface area contributed by atoms with E-state index in [1.807, 2.05) is 11.0 Å². The molecule has 2 N–H and O–H groups in total. The van der Waals surface area contributed by atoms with Gasteiger partial charge in [0.2, 0.25) is 0 Å². The van der Waals surface area contributed by atoms with E-state index >= 15 is 0 Å². The summed E-state index contributed by atoms with van der Waals surface area (Å²) in [6, 6.07) is 5.58. The maximum absolute atomic E-state index is 12.5. The summed E-state index contributed by atoms with van der Waals surface area (Å²) >= 11 is 8.12. The molecule has 1 heterocycles. The Balaban J connectivity index is 2.21. The number of amides is 1. The van der Waals surface area contributed by atoms with Gasteiger partial charge in [-0.3, -0.25) is 4.79 Å². The summed E-state index contributed by atoms with van der Waals surface area (Å²) in [7, 11) is 0. The highest BCUT2D eigenvalue weighted by molar-refractivity contribution is 14.1. The average molecular weight is 379 g/mol. The molecule has 1 amide bonds. The zero-order chi connectivity index (χ0) is 13.1. The second-order valence-corrected chi connectivity index (χ2v) is 6.08. The molecule has 1 aromatic carbocycles. The van der Waals surface area contributed by atoms with Crippen molar-refractivity contribution in [3.8, 4) is 0 Å². The lowest BCUT2D eigenvalue weighted by Gasteiger charge is -2.35. The van der Waals surface area contributed by atoms with E-state index in [1.165, 1.54) is 0 Å². The molecule has 3 nitrogen and oxygen atoms in total. The molecular formula is C13H16ClIN2O. The largest absolute Gasteiger partial charge is 0.334 e. The summed E-state index contributed by atoms with van der Waals surface area (Å²) < 4.78 is 0.904. The first kappa shape index (κ1) is 14.1. The predicted molar refractivity (Wildman–Crippen MR) is 81.9 cm³/mol. The number of benzene rings is 1. The Labute approximate surface area is 126 Å². The number of nitrogens with zero attached hydrogens (tertiary/aromatic N) is 1. The number of hydrogen-bond acceptors (Lipinski definition) is 2. The molecule has 5 heteroatoms. The lowest BCUT2D eigenvalue weighted by molar-refractivity contribution is 0.0623. The minimum atomic E-state index is 0.0692. The van der Waals surface area contributed by atoms with Crippen LogP contribution in [0.25, 0.3) is 0 Å². The van der Waals surface area contributed by atoms with Crippen LogP contribution >= 0.6 is 34.2 Å². The van der Waals surface area contributed by atoms with E-state index < -0.39 is 0 Å². The van der Waals surface area contributed by atoms with E-state index in [4.69, 9.17) is 17.3 Å². The van der Waals surface area contributed by atoms with Crippen molar-refractivity contribution in [1.82, 2.24) is 4.90 Å². The molecule has 98 valence electrons. The van der Waals surface area contributed by atoms with Crippen LogP contribution in [-0.4, -0.2) is 29.9 Å². The van der Waals surface area contributed by atoms with Crippen molar-refractivity contribution in [2.75, 3.05) is 13.1 Å². The summed E-state index contributed by atoms with van der Waals surface area (Å²) in [6.07, 6.45) is 3.23. The van der Waals surface area contributed by atoms with Crippen molar-refractivity contribution in [2.24, 2.45) is 5.73 Å². The first-order valence-electron chi connectivity index (χ1n) is 6.09. The molecule has 0 radical (unpaired) electrons. The molecule has 2 rings (SSSR count). The molecule has 0 saturated carbocycles. The number of nitrogens with two attached hydrogens (primary N) is 1. The molecule has 1 saturated heterocycles. The van der Waals surface area contributed by atoms with Crippen molar-refractivity contribution < 1.29 is 4.79 Å². The Kier molecular flexibility index (Phi) is 4.86. The molecule has 1 atom stereocenters. The van der Waals surface area contributed by atoms with Crippen molar-refractivity contribution in [3.63, 3.8) is 0 Å². The van der Waals surface area contributed by atoms with Crippen LogP contribution in [0.15, 0.2) is 18.2 Å². The minimum absolute atomic E-state index is 0.0692. The standard InChI is InChI=1S/C13H16ClIN2O/c14-11-5-4-9(7-12(11)15)13(18)17-6-2-1-3-10(17)8-16/h4-5,7,10H,1-3,6,8,16H2. The third kappa shape index (κ3) is 2.97. The van der Waals surface area contributed by atoms with Gasteiger partial charge in [-0.2, -0.15) is 0 Å². The number of piperidine rings is 1. The third-order valence-corrected chi connectivity index (χ3v) is 4.87. The predicted octanol–water partition coefficient (Wildman–Crippen LogP) is 2.90. The van der Waals surface area contributed by atoms with Gasteiger partial charge in [0.1, 0.15) is 0 Å². The summed E-state index contributed by atoms with van der Waals surface area (Å²) in [4.78, 5) is 14.4. The summed E-state index contributed by atoms with van der Waals surface area (Å²) in [5.41, 5.74) is 6.45. The lowest BCUT2D eigenvalue weighted by atomic mass is 10.0. The van der Waals surface area contributed by atoms with Crippen LogP contribution in [0.3, 0.4) is 0 Å². The summed E-state index contributed by atoms with van der Waals surface area (Å²) in [5, 5.41) is 0.682. The summed E-state index contributed by atoms with van der Waals surface area (Å²) in [5.74, 6) is 0.0692. The van der Waals surface area contributed by atoms with Crippen LogP contribution < -0.4 is 5.73 Å². The number of rotatable bonds is 2. The van der Waals surface area contributed by atoms with Gasteiger partial charge in [0.25, 0.3) is 5.91 Å². The van der Waals surface area contributed by atoms with Gasteiger partial charge in [0, 0.05) is 28.3 Å². The van der Waals surface area contributed by atoms with E-state index in [2.05, 4.69) is 22.6 Å². The zero-order valence-corrected chi connectivity index (χ0v) is 12.9. The van der Waals surface area contributed by atoms with Crippen LogP contribution in [0.4, 0.5) is 0 Å². The number of carbonyl (C=O) groups is 1. The quantitative estimate of drug-likeness (QED) is 0.804. The first-order valence-corrected chi connectivity index (χ1v) is 7.55. The second kappa shape index (κ2) is 6.21. The highest BCUT2D eigenvalue weighted by Crippen LogP contribution is 2.23. The van der Waals surface area contributed by atoms with E-state index in [0.717, 1.165) is 29.4 Å². The highest BCUT2D eigenvalue weighted by atomic mass is 127. The molecule has 18 heavy (non-hydrogen) atoms. The molecule has 1 aromatic rings.